The second kappa shape index (κ2) is 5.00. The zero-order valence-corrected chi connectivity index (χ0v) is 10.4. The Bertz CT molecular complexity index is 325. The molecule has 0 aromatic carbocycles. The lowest BCUT2D eigenvalue weighted by Gasteiger charge is -2.25. The first-order valence-electron chi connectivity index (χ1n) is 5.89. The van der Waals surface area contributed by atoms with E-state index in [1.54, 1.807) is 0 Å². The van der Waals surface area contributed by atoms with Crippen molar-refractivity contribution in [3.05, 3.63) is 0 Å². The molecule has 0 amide bonds. The molecule has 0 aromatic rings. The van der Waals surface area contributed by atoms with Gasteiger partial charge in [0.05, 0.1) is 5.25 Å². The Morgan fingerprint density at radius 2 is 1.94 bits per heavy atom. The van der Waals surface area contributed by atoms with Gasteiger partial charge in [-0.25, -0.2) is 13.1 Å². The van der Waals surface area contributed by atoms with E-state index in [2.05, 4.69) is 17.0 Å². The van der Waals surface area contributed by atoms with Gasteiger partial charge in [0.25, 0.3) is 0 Å². The van der Waals surface area contributed by atoms with Crippen LogP contribution in [-0.4, -0.2) is 46.0 Å². The van der Waals surface area contributed by atoms with Gasteiger partial charge in [0.15, 0.2) is 0 Å². The fraction of sp³-hybridized carbons (Fsp3) is 1.00. The second-order valence-electron chi connectivity index (χ2n) is 4.72. The molecule has 2 N–H and O–H groups in total. The van der Waals surface area contributed by atoms with Crippen LogP contribution < -0.4 is 10.0 Å². The molecule has 0 aliphatic carbocycles. The summed E-state index contributed by atoms with van der Waals surface area (Å²) in [5, 5.41) is 2.93. The molecule has 2 aliphatic rings. The number of hydrogen-bond donors (Lipinski definition) is 2. The number of nitrogens with one attached hydrogen (secondary N) is 2. The van der Waals surface area contributed by atoms with Gasteiger partial charge < -0.3 is 10.1 Å². The Kier molecular flexibility index (Phi) is 3.84. The van der Waals surface area contributed by atoms with Gasteiger partial charge in [0.2, 0.25) is 10.0 Å². The molecule has 0 aromatic heterocycles. The number of sulfonamides is 1. The van der Waals surface area contributed by atoms with Crippen LogP contribution in [0.2, 0.25) is 0 Å². The van der Waals surface area contributed by atoms with Crippen molar-refractivity contribution in [1.29, 1.82) is 0 Å². The Balaban J connectivity index is 1.96. The first-order chi connectivity index (χ1) is 7.59. The molecule has 0 bridgehead atoms. The third kappa shape index (κ3) is 2.74. The monoisotopic (exact) mass is 248 g/mol. The van der Waals surface area contributed by atoms with Crippen molar-refractivity contribution >= 4 is 10.0 Å². The predicted molar refractivity (Wildman–Crippen MR) is 61.7 cm³/mol. The Hall–Kier alpha value is -0.170. The van der Waals surface area contributed by atoms with Crippen molar-refractivity contribution in [2.75, 3.05) is 26.3 Å². The van der Waals surface area contributed by atoms with E-state index in [9.17, 15) is 8.42 Å². The zero-order valence-electron chi connectivity index (χ0n) is 9.61. The number of ether oxygens (including phenoxy) is 1. The standard InChI is InChI=1S/C10H20N2O3S/c1-8-6-11-7-10(8)12-16(13,14)9-2-4-15-5-3-9/h8-12H,2-7H2,1H3. The quantitative estimate of drug-likeness (QED) is 0.719. The van der Waals surface area contributed by atoms with E-state index in [1.807, 2.05) is 0 Å². The molecule has 2 fully saturated rings. The molecule has 2 heterocycles. The largest absolute Gasteiger partial charge is 0.381 e. The third-order valence-electron chi connectivity index (χ3n) is 3.44. The molecule has 2 rings (SSSR count). The molecule has 0 saturated carbocycles. The maximum atomic E-state index is 12.1. The highest BCUT2D eigenvalue weighted by atomic mass is 32.2. The maximum Gasteiger partial charge on any atom is 0.214 e. The normalized spacial score (nSPS) is 33.1. The molecule has 0 spiro atoms. The SMILES string of the molecule is CC1CNCC1NS(=O)(=O)C1CCOCC1. The molecule has 2 unspecified atom stereocenters. The molecule has 94 valence electrons. The van der Waals surface area contributed by atoms with E-state index in [0.717, 1.165) is 13.1 Å². The molecule has 6 heteroatoms. The summed E-state index contributed by atoms with van der Waals surface area (Å²) >= 11 is 0. The number of rotatable bonds is 3. The molecule has 5 nitrogen and oxygen atoms in total. The Morgan fingerprint density at radius 1 is 1.25 bits per heavy atom. The van der Waals surface area contributed by atoms with Crippen LogP contribution in [0.1, 0.15) is 19.8 Å². The van der Waals surface area contributed by atoms with Crippen molar-refractivity contribution in [3.8, 4) is 0 Å². The highest BCUT2D eigenvalue weighted by Gasteiger charge is 2.33. The van der Waals surface area contributed by atoms with E-state index >= 15 is 0 Å². The summed E-state index contributed by atoms with van der Waals surface area (Å²) in [5.41, 5.74) is 0. The minimum atomic E-state index is -3.17. The minimum Gasteiger partial charge on any atom is -0.381 e. The summed E-state index contributed by atoms with van der Waals surface area (Å²) in [6.45, 7) is 4.82. The van der Waals surface area contributed by atoms with E-state index in [4.69, 9.17) is 4.74 Å². The second-order valence-corrected chi connectivity index (χ2v) is 6.71. The van der Waals surface area contributed by atoms with Gasteiger partial charge in [0.1, 0.15) is 0 Å². The maximum absolute atomic E-state index is 12.1. The average molecular weight is 248 g/mol. The van der Waals surface area contributed by atoms with Crippen LogP contribution >= 0.6 is 0 Å². The molecule has 0 radical (unpaired) electrons. The van der Waals surface area contributed by atoms with E-state index < -0.39 is 10.0 Å². The number of hydrogen-bond acceptors (Lipinski definition) is 4. The fourth-order valence-corrected chi connectivity index (χ4v) is 4.00. The molecular formula is C10H20N2O3S. The van der Waals surface area contributed by atoms with Gasteiger partial charge in [-0.3, -0.25) is 0 Å². The molecule has 16 heavy (non-hydrogen) atoms. The highest BCUT2D eigenvalue weighted by Crippen LogP contribution is 2.17. The lowest BCUT2D eigenvalue weighted by atomic mass is 10.1. The van der Waals surface area contributed by atoms with Crippen LogP contribution in [0, 0.1) is 5.92 Å². The Morgan fingerprint density at radius 3 is 2.50 bits per heavy atom. The summed E-state index contributed by atoms with van der Waals surface area (Å²) in [4.78, 5) is 0. The van der Waals surface area contributed by atoms with Gasteiger partial charge in [-0.1, -0.05) is 6.92 Å². The van der Waals surface area contributed by atoms with Crippen LogP contribution in [0.15, 0.2) is 0 Å². The van der Waals surface area contributed by atoms with Crippen LogP contribution in [-0.2, 0) is 14.8 Å². The first-order valence-corrected chi connectivity index (χ1v) is 7.44. The first kappa shape index (κ1) is 12.3. The van der Waals surface area contributed by atoms with Gasteiger partial charge in [-0.05, 0) is 25.3 Å². The molecule has 2 aliphatic heterocycles. The lowest BCUT2D eigenvalue weighted by Crippen LogP contribution is -2.45. The van der Waals surface area contributed by atoms with Crippen molar-refractivity contribution in [3.63, 3.8) is 0 Å². The summed E-state index contributed by atoms with van der Waals surface area (Å²) < 4.78 is 32.2. The van der Waals surface area contributed by atoms with E-state index in [-0.39, 0.29) is 11.3 Å². The Labute approximate surface area is 97.0 Å². The smallest absolute Gasteiger partial charge is 0.214 e. The predicted octanol–water partition coefficient (Wildman–Crippen LogP) is -0.307. The third-order valence-corrected chi connectivity index (χ3v) is 5.42. The topological polar surface area (TPSA) is 67.4 Å². The average Bonchev–Trinajstić information content (AvgIpc) is 2.65. The van der Waals surface area contributed by atoms with Gasteiger partial charge >= 0.3 is 0 Å². The molecule has 2 saturated heterocycles. The van der Waals surface area contributed by atoms with Gasteiger partial charge in [-0.15, -0.1) is 0 Å². The summed E-state index contributed by atoms with van der Waals surface area (Å²) in [6, 6.07) is 0.0489. The van der Waals surface area contributed by atoms with Crippen molar-refractivity contribution in [2.24, 2.45) is 5.92 Å². The highest BCUT2D eigenvalue weighted by molar-refractivity contribution is 7.90. The van der Waals surface area contributed by atoms with Crippen molar-refractivity contribution in [1.82, 2.24) is 10.0 Å². The van der Waals surface area contributed by atoms with Crippen molar-refractivity contribution < 1.29 is 13.2 Å². The fourth-order valence-electron chi connectivity index (χ4n) is 2.26. The minimum absolute atomic E-state index is 0.0489. The lowest BCUT2D eigenvalue weighted by molar-refractivity contribution is 0.0980. The van der Waals surface area contributed by atoms with Crippen LogP contribution in [0.25, 0.3) is 0 Å². The summed E-state index contributed by atoms with van der Waals surface area (Å²) in [5.74, 6) is 0.370. The van der Waals surface area contributed by atoms with Crippen LogP contribution in [0.4, 0.5) is 0 Å². The van der Waals surface area contributed by atoms with Crippen molar-refractivity contribution in [2.45, 2.75) is 31.1 Å². The zero-order chi connectivity index (χ0) is 11.6. The van der Waals surface area contributed by atoms with E-state index in [1.165, 1.54) is 0 Å². The van der Waals surface area contributed by atoms with E-state index in [0.29, 0.717) is 32.0 Å². The van der Waals surface area contributed by atoms with Gasteiger partial charge in [0, 0.05) is 25.8 Å². The molecular weight excluding hydrogens is 228 g/mol. The van der Waals surface area contributed by atoms with Gasteiger partial charge in [-0.2, -0.15) is 0 Å². The van der Waals surface area contributed by atoms with Crippen LogP contribution in [0.3, 0.4) is 0 Å². The molecule has 2 atom stereocenters. The summed E-state index contributed by atoms with van der Waals surface area (Å²) in [6.07, 6.45) is 1.23. The van der Waals surface area contributed by atoms with Crippen LogP contribution in [0.5, 0.6) is 0 Å². The summed E-state index contributed by atoms with van der Waals surface area (Å²) in [7, 11) is -3.17.